The summed E-state index contributed by atoms with van der Waals surface area (Å²) in [5, 5.41) is 3.13. The van der Waals surface area contributed by atoms with E-state index in [9.17, 15) is 18.0 Å². The van der Waals surface area contributed by atoms with Gasteiger partial charge in [0.25, 0.3) is 10.0 Å². The smallest absolute Gasteiger partial charge is 0.264 e. The summed E-state index contributed by atoms with van der Waals surface area (Å²) in [6, 6.07) is 18.5. The Morgan fingerprint density at radius 3 is 2.26 bits per heavy atom. The Bertz CT molecular complexity index is 1490. The first-order valence-electron chi connectivity index (χ1n) is 14.6. The largest absolute Gasteiger partial charge is 0.352 e. The second-order valence-electron chi connectivity index (χ2n) is 11.1. The van der Waals surface area contributed by atoms with Crippen molar-refractivity contribution >= 4 is 27.5 Å². The molecule has 1 aliphatic carbocycles. The van der Waals surface area contributed by atoms with Crippen molar-refractivity contribution in [3.8, 4) is 0 Å². The summed E-state index contributed by atoms with van der Waals surface area (Å²) in [7, 11) is -4.33. The fraction of sp³-hybridized carbons (Fsp3) is 0.394. The van der Waals surface area contributed by atoms with E-state index in [-0.39, 0.29) is 29.1 Å². The van der Waals surface area contributed by atoms with Crippen molar-refractivity contribution in [1.29, 1.82) is 0 Å². The van der Waals surface area contributed by atoms with Gasteiger partial charge in [-0.15, -0.1) is 0 Å². The van der Waals surface area contributed by atoms with E-state index in [4.69, 9.17) is 0 Å². The molecule has 42 heavy (non-hydrogen) atoms. The third-order valence-electron chi connectivity index (χ3n) is 7.78. The average Bonchev–Trinajstić information content (AvgIpc) is 2.97. The lowest BCUT2D eigenvalue weighted by Crippen LogP contribution is -2.54. The molecule has 0 unspecified atom stereocenters. The molecule has 3 aromatic rings. The highest BCUT2D eigenvalue weighted by Gasteiger charge is 2.35. The molecule has 7 nitrogen and oxygen atoms in total. The molecule has 0 spiro atoms. The minimum atomic E-state index is -4.33. The van der Waals surface area contributed by atoms with Crippen molar-refractivity contribution in [2.75, 3.05) is 10.8 Å². The van der Waals surface area contributed by atoms with Gasteiger partial charge < -0.3 is 10.2 Å². The zero-order valence-corrected chi connectivity index (χ0v) is 25.4. The quantitative estimate of drug-likeness (QED) is 0.300. The molecule has 0 aromatic heterocycles. The van der Waals surface area contributed by atoms with Crippen molar-refractivity contribution in [3.63, 3.8) is 0 Å². The van der Waals surface area contributed by atoms with E-state index in [1.165, 1.54) is 35.2 Å². The van der Waals surface area contributed by atoms with E-state index in [1.54, 1.807) is 12.1 Å². The van der Waals surface area contributed by atoms with Crippen molar-refractivity contribution in [2.45, 2.75) is 82.8 Å². The number of halogens is 1. The summed E-state index contributed by atoms with van der Waals surface area (Å²) in [5.41, 5.74) is 2.43. The summed E-state index contributed by atoms with van der Waals surface area (Å²) in [5.74, 6) is -1.63. The van der Waals surface area contributed by atoms with Gasteiger partial charge in [0.1, 0.15) is 18.4 Å². The van der Waals surface area contributed by atoms with E-state index in [0.29, 0.717) is 6.42 Å². The fourth-order valence-electron chi connectivity index (χ4n) is 5.48. The van der Waals surface area contributed by atoms with E-state index >= 15 is 4.39 Å². The Hall–Kier alpha value is -3.72. The molecular formula is C33H40FN3O4S. The standard InChI is InChI=1S/C33H40FN3O4S/c1-4-30(33(39)35-27-13-6-5-7-14-27)36(22-26-12-10-11-25(3)21-26)32(38)23-37(31-16-9-8-15-29(31)34)42(40,41)28-19-17-24(2)18-20-28/h8-12,15-21,27,30H,4-7,13-14,22-23H2,1-3H3,(H,35,39)/t30-/m1/s1. The van der Waals surface area contributed by atoms with Crippen LogP contribution in [-0.4, -0.2) is 43.8 Å². The number of para-hydroxylation sites is 1. The predicted molar refractivity (Wildman–Crippen MR) is 163 cm³/mol. The van der Waals surface area contributed by atoms with Crippen LogP contribution in [0.5, 0.6) is 0 Å². The Morgan fingerprint density at radius 1 is 0.929 bits per heavy atom. The molecule has 1 aliphatic rings. The summed E-state index contributed by atoms with van der Waals surface area (Å²) in [4.78, 5) is 29.2. The minimum absolute atomic E-state index is 0.0491. The van der Waals surface area contributed by atoms with Crippen LogP contribution in [0.4, 0.5) is 10.1 Å². The van der Waals surface area contributed by atoms with Crippen LogP contribution in [0.2, 0.25) is 0 Å². The third kappa shape index (κ3) is 7.56. The van der Waals surface area contributed by atoms with Crippen molar-refractivity contribution in [3.05, 3.63) is 95.3 Å². The highest BCUT2D eigenvalue weighted by molar-refractivity contribution is 7.92. The summed E-state index contributed by atoms with van der Waals surface area (Å²) in [6.07, 6.45) is 5.35. The van der Waals surface area contributed by atoms with E-state index in [1.807, 2.05) is 45.0 Å². The van der Waals surface area contributed by atoms with Gasteiger partial charge in [-0.3, -0.25) is 13.9 Å². The van der Waals surface area contributed by atoms with Gasteiger partial charge in [0, 0.05) is 12.6 Å². The van der Waals surface area contributed by atoms with Crippen LogP contribution in [0, 0.1) is 19.7 Å². The van der Waals surface area contributed by atoms with Gasteiger partial charge in [-0.25, -0.2) is 12.8 Å². The predicted octanol–water partition coefficient (Wildman–Crippen LogP) is 5.89. The maximum Gasteiger partial charge on any atom is 0.264 e. The average molecular weight is 594 g/mol. The van der Waals surface area contributed by atoms with Crippen LogP contribution < -0.4 is 9.62 Å². The maximum atomic E-state index is 15.1. The second-order valence-corrected chi connectivity index (χ2v) is 12.9. The molecule has 0 radical (unpaired) electrons. The van der Waals surface area contributed by atoms with Gasteiger partial charge >= 0.3 is 0 Å². The normalized spacial score (nSPS) is 14.7. The van der Waals surface area contributed by atoms with Crippen LogP contribution in [0.25, 0.3) is 0 Å². The van der Waals surface area contributed by atoms with Crippen LogP contribution in [-0.2, 0) is 26.2 Å². The number of sulfonamides is 1. The van der Waals surface area contributed by atoms with Gasteiger partial charge in [-0.1, -0.05) is 85.8 Å². The SMILES string of the molecule is CC[C@H](C(=O)NC1CCCCC1)N(Cc1cccc(C)c1)C(=O)CN(c1ccccc1F)S(=O)(=O)c1ccc(C)cc1. The van der Waals surface area contributed by atoms with Crippen LogP contribution >= 0.6 is 0 Å². The van der Waals surface area contributed by atoms with Crippen molar-refractivity contribution in [2.24, 2.45) is 0 Å². The lowest BCUT2D eigenvalue weighted by atomic mass is 9.95. The third-order valence-corrected chi connectivity index (χ3v) is 9.56. The van der Waals surface area contributed by atoms with Gasteiger partial charge in [0.15, 0.2) is 0 Å². The van der Waals surface area contributed by atoms with E-state index < -0.39 is 34.3 Å². The molecule has 4 rings (SSSR count). The lowest BCUT2D eigenvalue weighted by molar-refractivity contribution is -0.140. The topological polar surface area (TPSA) is 86.8 Å². The molecule has 1 fully saturated rings. The van der Waals surface area contributed by atoms with E-state index in [0.717, 1.165) is 59.2 Å². The summed E-state index contributed by atoms with van der Waals surface area (Å²) < 4.78 is 43.7. The molecule has 0 heterocycles. The van der Waals surface area contributed by atoms with Crippen LogP contribution in [0.1, 0.15) is 62.1 Å². The number of amides is 2. The Morgan fingerprint density at radius 2 is 1.62 bits per heavy atom. The number of carbonyl (C=O) groups excluding carboxylic acids is 2. The number of rotatable bonds is 11. The number of nitrogens with one attached hydrogen (secondary N) is 1. The molecule has 1 saturated carbocycles. The first-order valence-corrected chi connectivity index (χ1v) is 16.0. The second kappa shape index (κ2) is 14.0. The van der Waals surface area contributed by atoms with Gasteiger partial charge in [0.2, 0.25) is 11.8 Å². The first-order chi connectivity index (χ1) is 20.1. The van der Waals surface area contributed by atoms with Gasteiger partial charge in [-0.05, 0) is 62.9 Å². The summed E-state index contributed by atoms with van der Waals surface area (Å²) >= 11 is 0. The van der Waals surface area contributed by atoms with Crippen molar-refractivity contribution < 1.29 is 22.4 Å². The molecule has 2 amide bonds. The Kier molecular flexibility index (Phi) is 10.4. The maximum absolute atomic E-state index is 15.1. The highest BCUT2D eigenvalue weighted by atomic mass is 32.2. The highest BCUT2D eigenvalue weighted by Crippen LogP contribution is 2.27. The number of hydrogen-bond donors (Lipinski definition) is 1. The Labute approximate surface area is 248 Å². The lowest BCUT2D eigenvalue weighted by Gasteiger charge is -2.34. The molecule has 0 aliphatic heterocycles. The van der Waals surface area contributed by atoms with Crippen LogP contribution in [0.3, 0.4) is 0 Å². The Balaban J connectivity index is 1.71. The number of anilines is 1. The number of nitrogens with zero attached hydrogens (tertiary/aromatic N) is 2. The first kappa shape index (κ1) is 31.2. The summed E-state index contributed by atoms with van der Waals surface area (Å²) in [6.45, 7) is 5.04. The molecular weight excluding hydrogens is 553 g/mol. The van der Waals surface area contributed by atoms with Crippen molar-refractivity contribution in [1.82, 2.24) is 10.2 Å². The molecule has 3 aromatic carbocycles. The van der Waals surface area contributed by atoms with Gasteiger partial charge in [-0.2, -0.15) is 0 Å². The number of hydrogen-bond acceptors (Lipinski definition) is 4. The van der Waals surface area contributed by atoms with Crippen LogP contribution in [0.15, 0.2) is 77.7 Å². The fourth-order valence-corrected chi connectivity index (χ4v) is 6.90. The number of benzene rings is 3. The molecule has 0 saturated heterocycles. The molecule has 224 valence electrons. The van der Waals surface area contributed by atoms with E-state index in [2.05, 4.69) is 5.32 Å². The zero-order valence-electron chi connectivity index (χ0n) is 24.6. The molecule has 9 heteroatoms. The number of carbonyl (C=O) groups is 2. The van der Waals surface area contributed by atoms with Gasteiger partial charge in [0.05, 0.1) is 10.6 Å². The zero-order chi connectivity index (χ0) is 30.3. The molecule has 0 bridgehead atoms. The number of aryl methyl sites for hydroxylation is 2. The minimum Gasteiger partial charge on any atom is -0.352 e. The molecule has 1 N–H and O–H groups in total. The molecule has 1 atom stereocenters. The monoisotopic (exact) mass is 593 g/mol.